The van der Waals surface area contributed by atoms with Crippen molar-refractivity contribution in [2.45, 2.75) is 0 Å². The van der Waals surface area contributed by atoms with Crippen LogP contribution in [0.25, 0.3) is 22.3 Å². The lowest BCUT2D eigenvalue weighted by molar-refractivity contribution is 0.470. The van der Waals surface area contributed by atoms with E-state index in [1.807, 2.05) is 48.5 Å². The van der Waals surface area contributed by atoms with E-state index in [4.69, 9.17) is 4.74 Å². The Kier molecular flexibility index (Phi) is 10.4. The average Bonchev–Trinajstić information content (AvgIpc) is 2.79. The van der Waals surface area contributed by atoms with E-state index in [-0.39, 0.29) is 0 Å². The maximum Gasteiger partial charge on any atom is 0.157 e. The highest BCUT2D eigenvalue weighted by molar-refractivity contribution is 9.14. The Bertz CT molecular complexity index is 1370. The fourth-order valence-electron chi connectivity index (χ4n) is 3.25. The van der Waals surface area contributed by atoms with Gasteiger partial charge >= 0.3 is 0 Å². The number of halogens is 10. The van der Waals surface area contributed by atoms with Gasteiger partial charge in [-0.1, -0.05) is 75.9 Å². The zero-order valence-electron chi connectivity index (χ0n) is 16.8. The minimum atomic E-state index is 0.629. The summed E-state index contributed by atoms with van der Waals surface area (Å²) in [5.74, 6) is 1.26. The SMILES string of the molecule is Brc1ccc(-c2cc(Br)c(Br)c(Oc3c(Br)c(Br)cc(-c4ccc(Br)cc4Br)c3Br)c2Br)c(Br)c1. The molecule has 0 atom stereocenters. The Morgan fingerprint density at radius 2 is 0.743 bits per heavy atom. The molecule has 4 aromatic rings. The van der Waals surface area contributed by atoms with Crippen LogP contribution in [0.15, 0.2) is 93.3 Å². The van der Waals surface area contributed by atoms with E-state index >= 15 is 0 Å². The first-order valence-corrected chi connectivity index (χ1v) is 17.4. The van der Waals surface area contributed by atoms with Gasteiger partial charge in [0.15, 0.2) is 11.5 Å². The van der Waals surface area contributed by atoms with Gasteiger partial charge in [0.25, 0.3) is 0 Å². The molecule has 0 saturated heterocycles. The summed E-state index contributed by atoms with van der Waals surface area (Å²) in [6.07, 6.45) is 0. The number of ether oxygens (including phenoxy) is 1. The molecule has 180 valence electrons. The summed E-state index contributed by atoms with van der Waals surface area (Å²) in [6, 6.07) is 16.2. The molecule has 0 aliphatic carbocycles. The standard InChI is InChI=1S/C24H8Br10O/c25-9-1-3-11(15(27)5-9)13-7-17(29)21(33)23(19(13)31)35-24-20(32)14(8-18(30)22(24)34)12-4-2-10(26)6-16(12)28/h1-8H. The highest BCUT2D eigenvalue weighted by atomic mass is 79.9. The normalized spacial score (nSPS) is 11.1. The topological polar surface area (TPSA) is 9.23 Å². The molecule has 0 aliphatic heterocycles. The smallest absolute Gasteiger partial charge is 0.157 e. The molecule has 35 heavy (non-hydrogen) atoms. The summed E-state index contributed by atoms with van der Waals surface area (Å²) in [7, 11) is 0. The van der Waals surface area contributed by atoms with E-state index in [1.165, 1.54) is 0 Å². The molecule has 11 heteroatoms. The number of rotatable bonds is 4. The van der Waals surface area contributed by atoms with Crippen LogP contribution in [0, 0.1) is 0 Å². The first kappa shape index (κ1) is 29.5. The van der Waals surface area contributed by atoms with Crippen LogP contribution in [0.2, 0.25) is 0 Å². The molecule has 0 unspecified atom stereocenters. The average molecular weight is 1110 g/mol. The molecule has 0 amide bonds. The van der Waals surface area contributed by atoms with Gasteiger partial charge in [0.2, 0.25) is 0 Å². The van der Waals surface area contributed by atoms with Gasteiger partial charge in [-0.15, -0.1) is 0 Å². The van der Waals surface area contributed by atoms with Gasteiger partial charge < -0.3 is 4.74 Å². The lowest BCUT2D eigenvalue weighted by atomic mass is 10.0. The lowest BCUT2D eigenvalue weighted by Gasteiger charge is -2.20. The van der Waals surface area contributed by atoms with E-state index in [0.717, 1.165) is 67.0 Å². The summed E-state index contributed by atoms with van der Waals surface area (Å²) in [5.41, 5.74) is 3.97. The van der Waals surface area contributed by atoms with Crippen molar-refractivity contribution in [3.8, 4) is 33.8 Å². The molecular formula is C24H8Br10O. The summed E-state index contributed by atoms with van der Waals surface area (Å²) in [6.45, 7) is 0. The second-order valence-electron chi connectivity index (χ2n) is 7.08. The first-order chi connectivity index (χ1) is 16.5. The van der Waals surface area contributed by atoms with Gasteiger partial charge in [-0.25, -0.2) is 0 Å². The second-order valence-corrected chi connectivity index (χ2v) is 15.5. The maximum absolute atomic E-state index is 6.62. The fraction of sp³-hybridized carbons (Fsp3) is 0. The quantitative estimate of drug-likeness (QED) is 0.185. The molecule has 0 spiro atoms. The molecular weight excluding hydrogens is 1100 g/mol. The minimum absolute atomic E-state index is 0.629. The maximum atomic E-state index is 6.62. The monoisotopic (exact) mass is 1100 g/mol. The van der Waals surface area contributed by atoms with Gasteiger partial charge in [0, 0.05) is 38.0 Å². The van der Waals surface area contributed by atoms with Gasteiger partial charge in [0.05, 0.1) is 17.9 Å². The number of hydrogen-bond donors (Lipinski definition) is 0. The van der Waals surface area contributed by atoms with E-state index < -0.39 is 0 Å². The molecule has 0 aromatic heterocycles. The summed E-state index contributed by atoms with van der Waals surface area (Å²) < 4.78 is 15.4. The van der Waals surface area contributed by atoms with Crippen molar-refractivity contribution in [1.29, 1.82) is 0 Å². The molecule has 0 heterocycles. The van der Waals surface area contributed by atoms with Crippen molar-refractivity contribution in [3.63, 3.8) is 0 Å². The van der Waals surface area contributed by atoms with E-state index in [2.05, 4.69) is 159 Å². The minimum Gasteiger partial charge on any atom is -0.452 e. The summed E-state index contributed by atoms with van der Waals surface area (Å²) in [4.78, 5) is 0. The largest absolute Gasteiger partial charge is 0.452 e. The van der Waals surface area contributed by atoms with Crippen molar-refractivity contribution >= 4 is 159 Å². The van der Waals surface area contributed by atoms with Crippen molar-refractivity contribution < 1.29 is 4.74 Å². The molecule has 0 aliphatic rings. The molecule has 1 nitrogen and oxygen atoms in total. The van der Waals surface area contributed by atoms with Crippen LogP contribution >= 0.6 is 159 Å². The first-order valence-electron chi connectivity index (χ1n) is 9.43. The van der Waals surface area contributed by atoms with Gasteiger partial charge in [-0.2, -0.15) is 0 Å². The highest BCUT2D eigenvalue weighted by Crippen LogP contribution is 2.52. The van der Waals surface area contributed by atoms with E-state index in [9.17, 15) is 0 Å². The third kappa shape index (κ3) is 6.30. The molecule has 4 rings (SSSR count). The van der Waals surface area contributed by atoms with Crippen molar-refractivity contribution in [1.82, 2.24) is 0 Å². The van der Waals surface area contributed by atoms with Gasteiger partial charge in [0.1, 0.15) is 0 Å². The Balaban J connectivity index is 1.91. The predicted molar refractivity (Wildman–Crippen MR) is 181 cm³/mol. The van der Waals surface area contributed by atoms with E-state index in [0.29, 0.717) is 11.5 Å². The zero-order valence-corrected chi connectivity index (χ0v) is 32.7. The third-order valence-electron chi connectivity index (χ3n) is 4.88. The predicted octanol–water partition coefficient (Wildman–Crippen LogP) is 14.4. The van der Waals surface area contributed by atoms with Gasteiger partial charge in [-0.05, 0) is 143 Å². The Hall–Kier alpha value is 1.48. The van der Waals surface area contributed by atoms with Crippen molar-refractivity contribution in [2.24, 2.45) is 0 Å². The summed E-state index contributed by atoms with van der Waals surface area (Å²) in [5, 5.41) is 0. The van der Waals surface area contributed by atoms with Crippen LogP contribution in [-0.2, 0) is 0 Å². The molecule has 0 N–H and O–H groups in total. The van der Waals surface area contributed by atoms with Crippen LogP contribution in [0.5, 0.6) is 11.5 Å². The Morgan fingerprint density at radius 3 is 1.09 bits per heavy atom. The second kappa shape index (κ2) is 12.3. The van der Waals surface area contributed by atoms with Gasteiger partial charge in [-0.3, -0.25) is 0 Å². The molecule has 0 saturated carbocycles. The Labute approximate surface area is 286 Å². The van der Waals surface area contributed by atoms with Crippen molar-refractivity contribution in [2.75, 3.05) is 0 Å². The van der Waals surface area contributed by atoms with Crippen LogP contribution < -0.4 is 4.74 Å². The number of hydrogen-bond acceptors (Lipinski definition) is 1. The molecule has 0 bridgehead atoms. The fourth-order valence-corrected chi connectivity index (χ4v) is 9.12. The van der Waals surface area contributed by atoms with Crippen LogP contribution in [-0.4, -0.2) is 0 Å². The number of benzene rings is 4. The van der Waals surface area contributed by atoms with Crippen LogP contribution in [0.1, 0.15) is 0 Å². The van der Waals surface area contributed by atoms with Crippen molar-refractivity contribution in [3.05, 3.63) is 93.3 Å². The lowest BCUT2D eigenvalue weighted by Crippen LogP contribution is -1.95. The molecule has 4 aromatic carbocycles. The van der Waals surface area contributed by atoms with Crippen LogP contribution in [0.3, 0.4) is 0 Å². The molecule has 0 radical (unpaired) electrons. The summed E-state index contributed by atoms with van der Waals surface area (Å²) >= 11 is 36.8. The highest BCUT2D eigenvalue weighted by Gasteiger charge is 2.23. The van der Waals surface area contributed by atoms with E-state index in [1.54, 1.807) is 0 Å². The van der Waals surface area contributed by atoms with Crippen LogP contribution in [0.4, 0.5) is 0 Å². The Morgan fingerprint density at radius 1 is 0.371 bits per heavy atom. The zero-order chi connectivity index (χ0) is 25.6. The molecule has 0 fully saturated rings. The third-order valence-corrected chi connectivity index (χ3v) is 12.6.